The number of nitrogens with zero attached hydrogens (tertiary/aromatic N) is 3. The van der Waals surface area contributed by atoms with Crippen LogP contribution in [0.3, 0.4) is 0 Å². The van der Waals surface area contributed by atoms with E-state index >= 15 is 0 Å². The molecule has 0 fully saturated rings. The monoisotopic (exact) mass is 484 g/mol. The molecule has 1 atom stereocenters. The summed E-state index contributed by atoms with van der Waals surface area (Å²) in [5.74, 6) is 1.03. The molecule has 0 radical (unpaired) electrons. The van der Waals surface area contributed by atoms with Gasteiger partial charge < -0.3 is 14.6 Å². The van der Waals surface area contributed by atoms with Crippen LogP contribution in [0.4, 0.5) is 14.9 Å². The topological polar surface area (TPSA) is 80.5 Å². The van der Waals surface area contributed by atoms with E-state index in [1.807, 2.05) is 62.4 Å². The van der Waals surface area contributed by atoms with Crippen LogP contribution in [0.5, 0.6) is 5.75 Å². The van der Waals surface area contributed by atoms with Gasteiger partial charge >= 0.3 is 6.03 Å². The Morgan fingerprint density at radius 3 is 2.53 bits per heavy atom. The minimum atomic E-state index is -0.572. The van der Waals surface area contributed by atoms with Crippen molar-refractivity contribution in [3.8, 4) is 17.1 Å². The molecule has 1 unspecified atom stereocenters. The molecule has 4 aromatic rings. The molecule has 0 aliphatic carbocycles. The van der Waals surface area contributed by atoms with Gasteiger partial charge in [0.15, 0.2) is 0 Å². The fourth-order valence-electron chi connectivity index (χ4n) is 4.32. The van der Waals surface area contributed by atoms with Crippen molar-refractivity contribution in [3.63, 3.8) is 0 Å². The summed E-state index contributed by atoms with van der Waals surface area (Å²) in [6.07, 6.45) is 0. The number of methoxy groups -OCH3 is 1. The number of halogens is 1. The molecule has 1 N–H and O–H groups in total. The molecule has 3 aromatic carbocycles. The molecule has 8 heteroatoms. The van der Waals surface area contributed by atoms with E-state index in [2.05, 4.69) is 15.5 Å². The zero-order valence-corrected chi connectivity index (χ0v) is 20.4. The third kappa shape index (κ3) is 4.22. The lowest BCUT2D eigenvalue weighted by atomic mass is 9.94. The van der Waals surface area contributed by atoms with Crippen LogP contribution in [-0.4, -0.2) is 23.3 Å². The van der Waals surface area contributed by atoms with E-state index < -0.39 is 6.04 Å². The minimum absolute atomic E-state index is 0.278. The average molecular weight is 485 g/mol. The molecule has 7 nitrogen and oxygen atoms in total. The Kier molecular flexibility index (Phi) is 6.01. The number of allylic oxidation sites excluding steroid dienone is 1. The summed E-state index contributed by atoms with van der Waals surface area (Å²) in [6.45, 7) is 5.48. The molecule has 0 bridgehead atoms. The quantitative estimate of drug-likeness (QED) is 0.365. The summed E-state index contributed by atoms with van der Waals surface area (Å²) < 4.78 is 25.1. The number of amides is 2. The molecule has 1 aliphatic rings. The van der Waals surface area contributed by atoms with Gasteiger partial charge in [-0.1, -0.05) is 47.1 Å². The zero-order chi connectivity index (χ0) is 25.4. The van der Waals surface area contributed by atoms with Gasteiger partial charge in [-0.2, -0.15) is 4.98 Å². The molecule has 2 heterocycles. The number of aromatic nitrogens is 2. The number of ether oxygens (including phenoxy) is 1. The first kappa shape index (κ1) is 23.3. The number of hydrogen-bond donors (Lipinski definition) is 1. The maximum absolute atomic E-state index is 14.0. The van der Waals surface area contributed by atoms with Gasteiger partial charge in [-0.25, -0.2) is 9.18 Å². The van der Waals surface area contributed by atoms with Crippen LogP contribution >= 0.6 is 0 Å². The van der Waals surface area contributed by atoms with Crippen molar-refractivity contribution in [3.05, 3.63) is 101 Å². The number of hydrogen-bond acceptors (Lipinski definition) is 5. The van der Waals surface area contributed by atoms with Gasteiger partial charge in [0.1, 0.15) is 11.6 Å². The number of nitrogens with one attached hydrogen (secondary N) is 1. The second kappa shape index (κ2) is 9.30. The Bertz CT molecular complexity index is 1480. The number of urea groups is 1. The van der Waals surface area contributed by atoms with E-state index in [-0.39, 0.29) is 17.7 Å². The first-order valence-corrected chi connectivity index (χ1v) is 11.5. The fourth-order valence-corrected chi connectivity index (χ4v) is 4.32. The summed E-state index contributed by atoms with van der Waals surface area (Å²) in [5.41, 5.74) is 4.93. The van der Waals surface area contributed by atoms with E-state index in [1.165, 1.54) is 11.0 Å². The van der Waals surface area contributed by atoms with Gasteiger partial charge in [0, 0.05) is 11.3 Å². The molecule has 5 rings (SSSR count). The first-order valence-electron chi connectivity index (χ1n) is 11.5. The van der Waals surface area contributed by atoms with Crippen molar-refractivity contribution in [1.82, 2.24) is 15.5 Å². The molecule has 2 amide bonds. The van der Waals surface area contributed by atoms with E-state index in [0.29, 0.717) is 34.1 Å². The van der Waals surface area contributed by atoms with Gasteiger partial charge in [0.2, 0.25) is 5.82 Å². The van der Waals surface area contributed by atoms with Crippen LogP contribution < -0.4 is 15.0 Å². The molecule has 1 aliphatic heterocycles. The second-order valence-corrected chi connectivity index (χ2v) is 8.72. The lowest BCUT2D eigenvalue weighted by molar-refractivity contribution is 0.244. The SMILES string of the molecule is COc1cccc(C2NC(=O)N(c3ccc(F)c(C)c3)C(C)=C2c2nc(-c3ccc(C)cc3)no2)c1. The van der Waals surface area contributed by atoms with Crippen LogP contribution in [0, 0.1) is 19.7 Å². The fraction of sp³-hybridized carbons (Fsp3) is 0.179. The number of benzene rings is 3. The number of rotatable bonds is 5. The Morgan fingerprint density at radius 1 is 1.03 bits per heavy atom. The number of carbonyl (C=O) groups excluding carboxylic acids is 1. The average Bonchev–Trinajstić information content (AvgIpc) is 3.36. The van der Waals surface area contributed by atoms with Crippen molar-refractivity contribution < 1.29 is 18.4 Å². The molecule has 1 aromatic heterocycles. The number of carbonyl (C=O) groups is 1. The van der Waals surface area contributed by atoms with E-state index in [9.17, 15) is 9.18 Å². The normalized spacial score (nSPS) is 15.8. The second-order valence-electron chi connectivity index (χ2n) is 8.72. The van der Waals surface area contributed by atoms with Crippen molar-refractivity contribution in [1.29, 1.82) is 0 Å². The third-order valence-electron chi connectivity index (χ3n) is 6.28. The smallest absolute Gasteiger partial charge is 0.326 e. The van der Waals surface area contributed by atoms with Crippen LogP contribution in [0.1, 0.15) is 35.5 Å². The molecular weight excluding hydrogens is 459 g/mol. The van der Waals surface area contributed by atoms with Crippen LogP contribution in [-0.2, 0) is 0 Å². The standard InChI is InChI=1S/C28H25FN4O3/c1-16-8-10-19(11-9-16)26-31-27(36-32-26)24-18(3)33(21-12-13-23(29)17(2)14-21)28(34)30-25(24)20-6-5-7-22(15-20)35-4/h5-15,25H,1-4H3,(H,30,34). The van der Waals surface area contributed by atoms with Crippen molar-refractivity contribution in [2.75, 3.05) is 12.0 Å². The van der Waals surface area contributed by atoms with Gasteiger partial charge in [-0.05, 0) is 62.2 Å². The molecule has 36 heavy (non-hydrogen) atoms. The highest BCUT2D eigenvalue weighted by atomic mass is 19.1. The van der Waals surface area contributed by atoms with E-state index in [0.717, 1.165) is 16.7 Å². The highest BCUT2D eigenvalue weighted by molar-refractivity contribution is 6.01. The molecule has 182 valence electrons. The maximum atomic E-state index is 14.0. The van der Waals surface area contributed by atoms with Crippen LogP contribution in [0.2, 0.25) is 0 Å². The Morgan fingerprint density at radius 2 is 1.81 bits per heavy atom. The molecule has 0 saturated carbocycles. The minimum Gasteiger partial charge on any atom is -0.497 e. The molecule has 0 saturated heterocycles. The summed E-state index contributed by atoms with van der Waals surface area (Å²) >= 11 is 0. The summed E-state index contributed by atoms with van der Waals surface area (Å²) in [7, 11) is 1.59. The van der Waals surface area contributed by atoms with E-state index in [1.54, 1.807) is 26.2 Å². The Balaban J connectivity index is 1.66. The maximum Gasteiger partial charge on any atom is 0.326 e. The Labute approximate surface area is 208 Å². The van der Waals surface area contributed by atoms with Crippen LogP contribution in [0.15, 0.2) is 77.0 Å². The number of anilines is 1. The first-order chi connectivity index (χ1) is 17.4. The summed E-state index contributed by atoms with van der Waals surface area (Å²) in [5, 5.41) is 7.26. The lowest BCUT2D eigenvalue weighted by Crippen LogP contribution is -2.46. The summed E-state index contributed by atoms with van der Waals surface area (Å²) in [6, 6.07) is 18.9. The predicted molar refractivity (Wildman–Crippen MR) is 135 cm³/mol. The zero-order valence-electron chi connectivity index (χ0n) is 20.4. The predicted octanol–water partition coefficient (Wildman–Crippen LogP) is 6.20. The molecular formula is C28H25FN4O3. The number of aryl methyl sites for hydroxylation is 2. The highest BCUT2D eigenvalue weighted by Crippen LogP contribution is 2.40. The van der Waals surface area contributed by atoms with Crippen LogP contribution in [0.25, 0.3) is 17.0 Å². The Hall–Kier alpha value is -4.46. The highest BCUT2D eigenvalue weighted by Gasteiger charge is 2.36. The van der Waals surface area contributed by atoms with Crippen molar-refractivity contribution in [2.45, 2.75) is 26.8 Å². The van der Waals surface area contributed by atoms with Gasteiger partial charge in [-0.15, -0.1) is 0 Å². The van der Waals surface area contributed by atoms with Gasteiger partial charge in [-0.3, -0.25) is 4.90 Å². The largest absolute Gasteiger partial charge is 0.497 e. The summed E-state index contributed by atoms with van der Waals surface area (Å²) in [4.78, 5) is 19.5. The third-order valence-corrected chi connectivity index (χ3v) is 6.28. The van der Waals surface area contributed by atoms with Gasteiger partial charge in [0.05, 0.1) is 24.4 Å². The lowest BCUT2D eigenvalue weighted by Gasteiger charge is -2.35. The molecule has 0 spiro atoms. The van der Waals surface area contributed by atoms with Crippen molar-refractivity contribution >= 4 is 17.3 Å². The van der Waals surface area contributed by atoms with Crippen molar-refractivity contribution in [2.24, 2.45) is 0 Å². The van der Waals surface area contributed by atoms with Gasteiger partial charge in [0.25, 0.3) is 5.89 Å². The van der Waals surface area contributed by atoms with E-state index in [4.69, 9.17) is 9.26 Å².